The molecule has 0 aromatic heterocycles. The largest absolute Gasteiger partial charge is 0.350 e. The number of fused-ring (bicyclic) bond motifs is 1. The monoisotopic (exact) mass is 290 g/mol. The van der Waals surface area contributed by atoms with Gasteiger partial charge in [0.2, 0.25) is 0 Å². The second kappa shape index (κ2) is 5.73. The fourth-order valence-corrected chi connectivity index (χ4v) is 3.59. The van der Waals surface area contributed by atoms with Gasteiger partial charge in [-0.25, -0.2) is 0 Å². The van der Waals surface area contributed by atoms with Gasteiger partial charge in [0.1, 0.15) is 6.04 Å². The van der Waals surface area contributed by atoms with Crippen molar-refractivity contribution >= 4 is 0 Å². The lowest BCUT2D eigenvalue weighted by atomic mass is 10.0. The van der Waals surface area contributed by atoms with E-state index < -0.39 is 5.72 Å². The van der Waals surface area contributed by atoms with E-state index in [1.165, 1.54) is 5.57 Å². The average Bonchev–Trinajstić information content (AvgIpc) is 3.00. The molecule has 2 unspecified atom stereocenters. The number of nitrogens with one attached hydrogen (secondary N) is 1. The Hall–Kier alpha value is -1.46. The molecule has 3 saturated heterocycles. The van der Waals surface area contributed by atoms with Gasteiger partial charge in [-0.05, 0) is 18.9 Å². The molecule has 0 saturated carbocycles. The molecule has 0 aromatic rings. The number of hydrogen-bond acceptors (Lipinski definition) is 3. The molecule has 5 heteroatoms. The van der Waals surface area contributed by atoms with Crippen molar-refractivity contribution in [3.05, 3.63) is 41.4 Å². The number of piperidine rings is 1. The summed E-state index contributed by atoms with van der Waals surface area (Å²) in [5, 5.41) is 5.21. The summed E-state index contributed by atoms with van der Waals surface area (Å²) in [7, 11) is 0. The van der Waals surface area contributed by atoms with E-state index in [9.17, 15) is 4.91 Å². The van der Waals surface area contributed by atoms with Crippen molar-refractivity contribution < 1.29 is 9.61 Å². The normalized spacial score (nSPS) is 32.1. The molecule has 0 aliphatic carbocycles. The topological polar surface area (TPSA) is 44.6 Å². The minimum absolute atomic E-state index is 0.0580. The van der Waals surface area contributed by atoms with Crippen molar-refractivity contribution in [2.45, 2.75) is 50.6 Å². The molecule has 0 aromatic carbocycles. The Labute approximate surface area is 125 Å². The summed E-state index contributed by atoms with van der Waals surface area (Å²) in [4.78, 5) is 14.0. The third-order valence-corrected chi connectivity index (χ3v) is 4.73. The summed E-state index contributed by atoms with van der Waals surface area (Å²) in [6, 6.07) is 0.149. The summed E-state index contributed by atoms with van der Waals surface area (Å²) in [6.45, 7) is 7.45. The van der Waals surface area contributed by atoms with Gasteiger partial charge in [0, 0.05) is 19.5 Å². The van der Waals surface area contributed by atoms with Crippen LogP contribution in [0.1, 0.15) is 32.6 Å². The zero-order valence-corrected chi connectivity index (χ0v) is 12.6. The average molecular weight is 290 g/mol. The summed E-state index contributed by atoms with van der Waals surface area (Å²) in [6.07, 6.45) is 11.1. The molecule has 5 nitrogen and oxygen atoms in total. The number of allylic oxidation sites excluding steroid dienone is 4. The highest BCUT2D eigenvalue weighted by atomic mass is 16.6. The van der Waals surface area contributed by atoms with E-state index in [0.717, 1.165) is 43.6 Å². The van der Waals surface area contributed by atoms with Gasteiger partial charge in [0.15, 0.2) is 11.1 Å². The number of nitroso groups, excluding NO2 is 1. The Bertz CT molecular complexity index is 492. The first kappa shape index (κ1) is 14.5. The maximum Gasteiger partial charge on any atom is 0.350 e. The van der Waals surface area contributed by atoms with E-state index in [2.05, 4.69) is 24.9 Å². The molecule has 114 valence electrons. The van der Waals surface area contributed by atoms with Crippen LogP contribution in [0.25, 0.3) is 0 Å². The van der Waals surface area contributed by atoms with Gasteiger partial charge in [-0.2, -0.15) is 0 Å². The minimum Gasteiger partial charge on any atom is -0.316 e. The van der Waals surface area contributed by atoms with Crippen LogP contribution in [0.15, 0.2) is 36.5 Å². The third-order valence-electron chi connectivity index (χ3n) is 4.73. The van der Waals surface area contributed by atoms with Crippen molar-refractivity contribution in [3.63, 3.8) is 0 Å². The molecule has 1 spiro atoms. The lowest BCUT2D eigenvalue weighted by molar-refractivity contribution is -0.762. The molecule has 3 aliphatic rings. The van der Waals surface area contributed by atoms with Crippen LogP contribution >= 0.6 is 0 Å². The predicted octanol–water partition coefficient (Wildman–Crippen LogP) is 2.27. The van der Waals surface area contributed by atoms with Crippen LogP contribution in [0.5, 0.6) is 0 Å². The van der Waals surface area contributed by atoms with Crippen molar-refractivity contribution in [1.82, 2.24) is 10.3 Å². The Morgan fingerprint density at radius 2 is 2.14 bits per heavy atom. The van der Waals surface area contributed by atoms with Crippen LogP contribution in [-0.2, 0) is 4.74 Å². The van der Waals surface area contributed by atoms with E-state index >= 15 is 0 Å². The first-order valence-corrected chi connectivity index (χ1v) is 7.78. The van der Waals surface area contributed by atoms with Gasteiger partial charge in [0.05, 0.1) is 17.7 Å². The minimum atomic E-state index is -0.633. The maximum atomic E-state index is 12.8. The molecule has 3 rings (SSSR count). The van der Waals surface area contributed by atoms with Crippen molar-refractivity contribution in [3.8, 4) is 0 Å². The summed E-state index contributed by atoms with van der Waals surface area (Å²) in [5.41, 5.74) is 0.567. The van der Waals surface area contributed by atoms with E-state index in [1.807, 2.05) is 17.2 Å². The van der Waals surface area contributed by atoms with Crippen LogP contribution in [-0.4, -0.2) is 41.0 Å². The molecule has 2 atom stereocenters. The van der Waals surface area contributed by atoms with Gasteiger partial charge in [-0.15, -0.1) is 5.01 Å². The molecule has 0 amide bonds. The van der Waals surface area contributed by atoms with Crippen LogP contribution < -0.4 is 5.32 Å². The van der Waals surface area contributed by atoms with Gasteiger partial charge in [-0.3, -0.25) is 4.74 Å². The van der Waals surface area contributed by atoms with Crippen molar-refractivity contribution in [2.24, 2.45) is 0 Å². The Balaban J connectivity index is 1.79. The fourth-order valence-electron chi connectivity index (χ4n) is 3.59. The highest BCUT2D eigenvalue weighted by Crippen LogP contribution is 2.42. The number of hydrazine groups is 1. The van der Waals surface area contributed by atoms with Crippen molar-refractivity contribution in [1.29, 1.82) is 0 Å². The second-order valence-electron chi connectivity index (χ2n) is 6.05. The Morgan fingerprint density at radius 1 is 1.38 bits per heavy atom. The standard InChI is InChI=1S/C16H24N3O2/c1-3-4-5-6-13(2)14-7-8-15-18(14)19(20)16(21-15)9-11-17-12-10-16/h3-6,14-15,17H,1,7-12H2,2H3/q+1/b5-4-,13-6+. The number of rotatable bonds is 3. The molecule has 3 fully saturated rings. The number of nitrogens with zero attached hydrogens (tertiary/aromatic N) is 2. The molecular weight excluding hydrogens is 266 g/mol. The van der Waals surface area contributed by atoms with Crippen LogP contribution in [0.4, 0.5) is 0 Å². The summed E-state index contributed by atoms with van der Waals surface area (Å²) in [5.74, 6) is 0. The number of hydrogen-bond donors (Lipinski definition) is 1. The van der Waals surface area contributed by atoms with Crippen LogP contribution in [0, 0.1) is 4.91 Å². The van der Waals surface area contributed by atoms with Crippen molar-refractivity contribution in [2.75, 3.05) is 13.1 Å². The van der Waals surface area contributed by atoms with E-state index in [4.69, 9.17) is 4.74 Å². The SMILES string of the molecule is C=C/C=C\C=C(/C)C1CCC2OC3(CCNCC3)[N+](=O)N21. The van der Waals surface area contributed by atoms with E-state index in [0.29, 0.717) is 0 Å². The first-order valence-electron chi connectivity index (χ1n) is 7.78. The van der Waals surface area contributed by atoms with E-state index in [-0.39, 0.29) is 12.3 Å². The fraction of sp³-hybridized carbons (Fsp3) is 0.625. The third kappa shape index (κ3) is 2.45. The quantitative estimate of drug-likeness (QED) is 0.640. The van der Waals surface area contributed by atoms with Gasteiger partial charge in [-0.1, -0.05) is 30.9 Å². The van der Waals surface area contributed by atoms with Crippen LogP contribution in [0.3, 0.4) is 0 Å². The highest BCUT2D eigenvalue weighted by Gasteiger charge is 2.65. The molecular formula is C16H24N3O2+. The molecule has 21 heavy (non-hydrogen) atoms. The number of ether oxygens (including phenoxy) is 1. The second-order valence-corrected chi connectivity index (χ2v) is 6.05. The molecule has 0 bridgehead atoms. The molecule has 3 heterocycles. The van der Waals surface area contributed by atoms with E-state index in [1.54, 1.807) is 6.08 Å². The lowest BCUT2D eigenvalue weighted by Gasteiger charge is -2.24. The first-order chi connectivity index (χ1) is 10.2. The zero-order valence-electron chi connectivity index (χ0n) is 12.6. The maximum absolute atomic E-state index is 12.8. The van der Waals surface area contributed by atoms with Crippen LogP contribution in [0.2, 0.25) is 0 Å². The Kier molecular flexibility index (Phi) is 3.95. The zero-order chi connectivity index (χ0) is 14.9. The molecule has 3 aliphatic heterocycles. The van der Waals surface area contributed by atoms with Gasteiger partial charge >= 0.3 is 5.72 Å². The lowest BCUT2D eigenvalue weighted by Crippen LogP contribution is -2.50. The Morgan fingerprint density at radius 3 is 2.86 bits per heavy atom. The summed E-state index contributed by atoms with van der Waals surface area (Å²) < 4.78 is 6.17. The van der Waals surface area contributed by atoms with Gasteiger partial charge < -0.3 is 5.32 Å². The molecule has 0 radical (unpaired) electrons. The smallest absolute Gasteiger partial charge is 0.316 e. The summed E-state index contributed by atoms with van der Waals surface area (Å²) >= 11 is 0. The van der Waals surface area contributed by atoms with Gasteiger partial charge in [0.25, 0.3) is 0 Å². The highest BCUT2D eigenvalue weighted by molar-refractivity contribution is 5.19. The molecule has 1 N–H and O–H groups in total. The predicted molar refractivity (Wildman–Crippen MR) is 81.3 cm³/mol.